The summed E-state index contributed by atoms with van der Waals surface area (Å²) < 4.78 is 17.9. The Morgan fingerprint density at radius 3 is 2.81 bits per heavy atom. The molecule has 0 atom stereocenters. The Hall–Kier alpha value is -0.940. The molecular weight excluding hydrogens is 277 g/mol. The summed E-state index contributed by atoms with van der Waals surface area (Å²) in [6, 6.07) is 4.78. The van der Waals surface area contributed by atoms with E-state index in [1.807, 2.05) is 0 Å². The van der Waals surface area contributed by atoms with Gasteiger partial charge in [-0.1, -0.05) is 6.07 Å². The number of benzene rings is 1. The van der Waals surface area contributed by atoms with Crippen molar-refractivity contribution >= 4 is 21.9 Å². The van der Waals surface area contributed by atoms with Gasteiger partial charge in [0, 0.05) is 6.54 Å². The van der Waals surface area contributed by atoms with Gasteiger partial charge in [-0.2, -0.15) is 0 Å². The second-order valence-corrected chi connectivity index (χ2v) is 4.35. The summed E-state index contributed by atoms with van der Waals surface area (Å²) in [6.45, 7) is 0.777. The van der Waals surface area contributed by atoms with Crippen LogP contribution in [0.3, 0.4) is 0 Å². The molecule has 5 heteroatoms. The van der Waals surface area contributed by atoms with E-state index in [9.17, 15) is 9.18 Å². The van der Waals surface area contributed by atoms with Crippen molar-refractivity contribution in [2.75, 3.05) is 20.7 Å². The molecule has 0 bridgehead atoms. The molecule has 1 rings (SSSR count). The van der Waals surface area contributed by atoms with Crippen molar-refractivity contribution in [1.82, 2.24) is 4.90 Å². The summed E-state index contributed by atoms with van der Waals surface area (Å²) in [7, 11) is 3.15. The first-order valence-corrected chi connectivity index (χ1v) is 5.51. The van der Waals surface area contributed by atoms with E-state index >= 15 is 0 Å². The van der Waals surface area contributed by atoms with E-state index in [0.29, 0.717) is 11.0 Å². The number of ether oxygens (including phenoxy) is 1. The second kappa shape index (κ2) is 5.96. The molecule has 0 radical (unpaired) electrons. The molecule has 1 aromatic rings. The summed E-state index contributed by atoms with van der Waals surface area (Å²) in [5.41, 5.74) is 0.930. The molecule has 0 unspecified atom stereocenters. The van der Waals surface area contributed by atoms with E-state index in [2.05, 4.69) is 20.7 Å². The van der Waals surface area contributed by atoms with E-state index in [4.69, 9.17) is 0 Å². The zero-order valence-electron chi connectivity index (χ0n) is 9.17. The number of hydrogen-bond donors (Lipinski definition) is 0. The third-order valence-corrected chi connectivity index (χ3v) is 2.67. The van der Waals surface area contributed by atoms with Crippen LogP contribution >= 0.6 is 15.9 Å². The summed E-state index contributed by atoms with van der Waals surface area (Å²) >= 11 is 3.12. The summed E-state index contributed by atoms with van der Waals surface area (Å²) in [5, 5.41) is 0. The van der Waals surface area contributed by atoms with Crippen LogP contribution in [0.2, 0.25) is 0 Å². The number of carbonyl (C=O) groups excluding carboxylic acids is 1. The van der Waals surface area contributed by atoms with Gasteiger partial charge >= 0.3 is 5.97 Å². The predicted molar refractivity (Wildman–Crippen MR) is 62.5 cm³/mol. The zero-order chi connectivity index (χ0) is 12.1. The highest BCUT2D eigenvalue weighted by atomic mass is 79.9. The van der Waals surface area contributed by atoms with Gasteiger partial charge in [0.05, 0.1) is 18.1 Å². The van der Waals surface area contributed by atoms with E-state index in [-0.39, 0.29) is 18.3 Å². The van der Waals surface area contributed by atoms with Gasteiger partial charge in [0.1, 0.15) is 5.82 Å². The number of carbonyl (C=O) groups is 1. The van der Waals surface area contributed by atoms with Crippen molar-refractivity contribution in [3.63, 3.8) is 0 Å². The number of methoxy groups -OCH3 is 1. The topological polar surface area (TPSA) is 29.5 Å². The number of nitrogens with zero attached hydrogens (tertiary/aromatic N) is 1. The number of likely N-dealkylation sites (N-methyl/N-ethyl adjacent to an activating group) is 1. The first-order chi connectivity index (χ1) is 7.52. The maximum atomic E-state index is 13.0. The van der Waals surface area contributed by atoms with Gasteiger partial charge in [0.15, 0.2) is 0 Å². The molecule has 0 aliphatic rings. The highest BCUT2D eigenvalue weighted by Crippen LogP contribution is 2.17. The van der Waals surface area contributed by atoms with Gasteiger partial charge in [0.2, 0.25) is 0 Å². The molecule has 0 N–H and O–H groups in total. The maximum absolute atomic E-state index is 13.0. The summed E-state index contributed by atoms with van der Waals surface area (Å²) in [5.74, 6) is -0.581. The fourth-order valence-electron chi connectivity index (χ4n) is 1.29. The largest absolute Gasteiger partial charge is 0.468 e. The SMILES string of the molecule is COC(=O)CN(C)Cc1ccc(F)c(Br)c1. The number of esters is 1. The van der Waals surface area contributed by atoms with E-state index in [0.717, 1.165) is 5.56 Å². The second-order valence-electron chi connectivity index (χ2n) is 3.50. The van der Waals surface area contributed by atoms with Crippen molar-refractivity contribution in [1.29, 1.82) is 0 Å². The number of hydrogen-bond acceptors (Lipinski definition) is 3. The lowest BCUT2D eigenvalue weighted by Crippen LogP contribution is -2.26. The average Bonchev–Trinajstić information content (AvgIpc) is 2.23. The van der Waals surface area contributed by atoms with Crippen LogP contribution in [-0.4, -0.2) is 31.6 Å². The Bertz CT molecular complexity index is 384. The molecule has 0 spiro atoms. The normalized spacial score (nSPS) is 10.6. The van der Waals surface area contributed by atoms with Crippen molar-refractivity contribution < 1.29 is 13.9 Å². The van der Waals surface area contributed by atoms with Crippen molar-refractivity contribution in [2.24, 2.45) is 0 Å². The molecule has 3 nitrogen and oxygen atoms in total. The molecular formula is C11H13BrFNO2. The van der Waals surface area contributed by atoms with Crippen LogP contribution in [0.25, 0.3) is 0 Å². The third-order valence-electron chi connectivity index (χ3n) is 2.06. The van der Waals surface area contributed by atoms with Gasteiger partial charge in [-0.3, -0.25) is 9.69 Å². The quantitative estimate of drug-likeness (QED) is 0.796. The minimum absolute atomic E-state index is 0.214. The van der Waals surface area contributed by atoms with E-state index in [1.165, 1.54) is 13.2 Å². The fourth-order valence-corrected chi connectivity index (χ4v) is 1.72. The summed E-state index contributed by atoms with van der Waals surface area (Å²) in [6.07, 6.45) is 0. The van der Waals surface area contributed by atoms with Crippen LogP contribution in [0.1, 0.15) is 5.56 Å². The van der Waals surface area contributed by atoms with Crippen LogP contribution in [0.15, 0.2) is 22.7 Å². The number of halogens is 2. The smallest absolute Gasteiger partial charge is 0.319 e. The molecule has 0 amide bonds. The minimum Gasteiger partial charge on any atom is -0.468 e. The Kier molecular flexibility index (Phi) is 4.89. The molecule has 0 saturated heterocycles. The van der Waals surface area contributed by atoms with Gasteiger partial charge < -0.3 is 4.74 Å². The maximum Gasteiger partial charge on any atom is 0.319 e. The summed E-state index contributed by atoms with van der Waals surface area (Å²) in [4.78, 5) is 12.8. The highest BCUT2D eigenvalue weighted by molar-refractivity contribution is 9.10. The van der Waals surface area contributed by atoms with Gasteiger partial charge in [-0.05, 0) is 40.7 Å². The first kappa shape index (κ1) is 13.1. The monoisotopic (exact) mass is 289 g/mol. The van der Waals surface area contributed by atoms with Crippen molar-refractivity contribution in [3.8, 4) is 0 Å². The van der Waals surface area contributed by atoms with E-state index in [1.54, 1.807) is 24.1 Å². The lowest BCUT2D eigenvalue weighted by Gasteiger charge is -2.15. The zero-order valence-corrected chi connectivity index (χ0v) is 10.8. The Balaban J connectivity index is 2.59. The third kappa shape index (κ3) is 3.90. The molecule has 0 saturated carbocycles. The van der Waals surface area contributed by atoms with Crippen LogP contribution in [-0.2, 0) is 16.1 Å². The van der Waals surface area contributed by atoms with Crippen molar-refractivity contribution in [3.05, 3.63) is 34.1 Å². The minimum atomic E-state index is -0.292. The Morgan fingerprint density at radius 2 is 2.25 bits per heavy atom. The highest BCUT2D eigenvalue weighted by Gasteiger charge is 2.08. The first-order valence-electron chi connectivity index (χ1n) is 4.72. The lowest BCUT2D eigenvalue weighted by molar-refractivity contribution is -0.141. The molecule has 16 heavy (non-hydrogen) atoms. The fraction of sp³-hybridized carbons (Fsp3) is 0.364. The molecule has 0 aliphatic heterocycles. The van der Waals surface area contributed by atoms with E-state index < -0.39 is 0 Å². The molecule has 0 aromatic heterocycles. The number of rotatable bonds is 4. The standard InChI is InChI=1S/C11H13BrFNO2/c1-14(7-11(15)16-2)6-8-3-4-10(13)9(12)5-8/h3-5H,6-7H2,1-2H3. The van der Waals surface area contributed by atoms with Crippen LogP contribution < -0.4 is 0 Å². The van der Waals surface area contributed by atoms with Gasteiger partial charge in [-0.15, -0.1) is 0 Å². The van der Waals surface area contributed by atoms with Crippen LogP contribution in [0.5, 0.6) is 0 Å². The predicted octanol–water partition coefficient (Wildman–Crippen LogP) is 2.19. The lowest BCUT2D eigenvalue weighted by atomic mass is 10.2. The molecule has 1 aromatic carbocycles. The van der Waals surface area contributed by atoms with Gasteiger partial charge in [0.25, 0.3) is 0 Å². The van der Waals surface area contributed by atoms with Gasteiger partial charge in [-0.25, -0.2) is 4.39 Å². The molecule has 88 valence electrons. The molecule has 0 fully saturated rings. The Labute approximate surface area is 102 Å². The Morgan fingerprint density at radius 1 is 1.56 bits per heavy atom. The van der Waals surface area contributed by atoms with Crippen LogP contribution in [0.4, 0.5) is 4.39 Å². The molecule has 0 heterocycles. The molecule has 0 aliphatic carbocycles. The van der Waals surface area contributed by atoms with Crippen molar-refractivity contribution in [2.45, 2.75) is 6.54 Å². The average molecular weight is 290 g/mol. The van der Waals surface area contributed by atoms with Crippen LogP contribution in [0, 0.1) is 5.82 Å².